The van der Waals surface area contributed by atoms with Gasteiger partial charge in [-0.1, -0.05) is 0 Å². The van der Waals surface area contributed by atoms with E-state index < -0.39 is 16.0 Å². The number of benzene rings is 1. The molecular weight excluding hydrogens is 298 g/mol. The van der Waals surface area contributed by atoms with Gasteiger partial charge in [-0.25, -0.2) is 13.2 Å². The summed E-state index contributed by atoms with van der Waals surface area (Å²) in [6, 6.07) is 3.52. The van der Waals surface area contributed by atoms with Gasteiger partial charge in [0.15, 0.2) is 0 Å². The molecule has 0 unspecified atom stereocenters. The average molecular weight is 315 g/mol. The molecule has 0 aromatic heterocycles. The van der Waals surface area contributed by atoms with E-state index in [4.69, 9.17) is 14.9 Å². The fraction of sp³-hybridized carbons (Fsp3) is 0.462. The maximum Gasteiger partial charge on any atom is 0.335 e. The van der Waals surface area contributed by atoms with Crippen LogP contribution in [-0.2, 0) is 10.0 Å². The molecule has 0 bridgehead atoms. The van der Waals surface area contributed by atoms with Crippen molar-refractivity contribution in [3.63, 3.8) is 0 Å². The van der Waals surface area contributed by atoms with E-state index >= 15 is 0 Å². The summed E-state index contributed by atoms with van der Waals surface area (Å²) in [5.74, 6) is -1.18. The summed E-state index contributed by atoms with van der Waals surface area (Å²) in [5.41, 5.74) is -0.0501. The molecule has 8 heteroatoms. The first-order valence-electron chi connectivity index (χ1n) is 6.46. The Morgan fingerprint density at radius 2 is 2.10 bits per heavy atom. The van der Waals surface area contributed by atoms with Gasteiger partial charge in [0, 0.05) is 12.6 Å². The van der Waals surface area contributed by atoms with Crippen LogP contribution < -0.4 is 4.74 Å². The number of aromatic carboxylic acids is 1. The van der Waals surface area contributed by atoms with E-state index in [9.17, 15) is 13.2 Å². The molecule has 0 heterocycles. The van der Waals surface area contributed by atoms with Crippen molar-refractivity contribution in [1.29, 1.82) is 0 Å². The number of ether oxygens (including phenoxy) is 1. The van der Waals surface area contributed by atoms with Crippen LogP contribution in [0, 0.1) is 0 Å². The second-order valence-corrected chi connectivity index (χ2v) is 6.60. The summed E-state index contributed by atoms with van der Waals surface area (Å²) in [4.78, 5) is 10.8. The molecule has 2 rings (SSSR count). The predicted octanol–water partition coefficient (Wildman–Crippen LogP) is 0.539. The molecule has 0 radical (unpaired) electrons. The van der Waals surface area contributed by atoms with Gasteiger partial charge in [-0.2, -0.15) is 4.31 Å². The Hall–Kier alpha value is -1.64. The van der Waals surface area contributed by atoms with Gasteiger partial charge < -0.3 is 14.9 Å². The zero-order valence-corrected chi connectivity index (χ0v) is 12.3. The standard InChI is InChI=1S/C13H17NO6S/c1-20-11-8-9(13(16)17)2-5-12(11)21(18,19)14(6-7-15)10-3-4-10/h2,5,8,10,15H,3-4,6-7H2,1H3,(H,16,17). The number of sulfonamides is 1. The molecular formula is C13H17NO6S. The molecule has 0 saturated heterocycles. The SMILES string of the molecule is COc1cc(C(=O)O)ccc1S(=O)(=O)N(CCO)C1CC1. The first-order chi connectivity index (χ1) is 9.91. The number of aliphatic hydroxyl groups excluding tert-OH is 1. The number of nitrogens with zero attached hydrogens (tertiary/aromatic N) is 1. The van der Waals surface area contributed by atoms with Crippen molar-refractivity contribution in [3.8, 4) is 5.75 Å². The molecule has 21 heavy (non-hydrogen) atoms. The first kappa shape index (κ1) is 15.7. The van der Waals surface area contributed by atoms with Gasteiger partial charge in [-0.05, 0) is 31.0 Å². The van der Waals surface area contributed by atoms with Crippen molar-refractivity contribution in [1.82, 2.24) is 4.31 Å². The molecule has 0 spiro atoms. The summed E-state index contributed by atoms with van der Waals surface area (Å²) in [7, 11) is -2.54. The van der Waals surface area contributed by atoms with E-state index in [0.29, 0.717) is 0 Å². The largest absolute Gasteiger partial charge is 0.495 e. The third-order valence-electron chi connectivity index (χ3n) is 3.27. The van der Waals surface area contributed by atoms with Crippen molar-refractivity contribution >= 4 is 16.0 Å². The smallest absolute Gasteiger partial charge is 0.335 e. The molecule has 1 aliphatic carbocycles. The Kier molecular flexibility index (Phi) is 4.50. The van der Waals surface area contributed by atoms with Gasteiger partial charge in [0.05, 0.1) is 19.3 Å². The number of hydrogen-bond acceptors (Lipinski definition) is 5. The fourth-order valence-electron chi connectivity index (χ4n) is 2.10. The molecule has 0 aliphatic heterocycles. The maximum atomic E-state index is 12.7. The number of aliphatic hydroxyl groups is 1. The van der Waals surface area contributed by atoms with Crippen LogP contribution in [-0.4, -0.2) is 55.2 Å². The summed E-state index contributed by atoms with van der Waals surface area (Å²) in [5, 5.41) is 18.0. The van der Waals surface area contributed by atoms with Crippen LogP contribution in [0.15, 0.2) is 23.1 Å². The average Bonchev–Trinajstić information content (AvgIpc) is 3.28. The number of methoxy groups -OCH3 is 1. The van der Waals surface area contributed by atoms with Crippen LogP contribution in [0.5, 0.6) is 5.75 Å². The minimum atomic E-state index is -3.83. The molecule has 1 saturated carbocycles. The van der Waals surface area contributed by atoms with E-state index in [1.54, 1.807) is 0 Å². The van der Waals surface area contributed by atoms with Crippen molar-refractivity contribution < 1.29 is 28.2 Å². The number of carboxylic acid groups (broad SMARTS) is 1. The van der Waals surface area contributed by atoms with Crippen LogP contribution in [0.4, 0.5) is 0 Å². The molecule has 0 amide bonds. The van der Waals surface area contributed by atoms with Gasteiger partial charge in [0.2, 0.25) is 10.0 Å². The quantitative estimate of drug-likeness (QED) is 0.761. The Bertz CT molecular complexity index is 638. The summed E-state index contributed by atoms with van der Waals surface area (Å²) < 4.78 is 31.6. The van der Waals surface area contributed by atoms with Crippen LogP contribution in [0.2, 0.25) is 0 Å². The number of rotatable bonds is 7. The number of carbonyl (C=O) groups is 1. The molecule has 0 atom stereocenters. The van der Waals surface area contributed by atoms with Gasteiger partial charge in [0.25, 0.3) is 0 Å². The third-order valence-corrected chi connectivity index (χ3v) is 5.26. The van der Waals surface area contributed by atoms with E-state index in [-0.39, 0.29) is 35.4 Å². The van der Waals surface area contributed by atoms with Crippen LogP contribution >= 0.6 is 0 Å². The summed E-state index contributed by atoms with van der Waals surface area (Å²) in [6.07, 6.45) is 1.52. The molecule has 116 valence electrons. The lowest BCUT2D eigenvalue weighted by molar-refractivity contribution is 0.0696. The minimum Gasteiger partial charge on any atom is -0.495 e. The monoisotopic (exact) mass is 315 g/mol. The molecule has 2 N–H and O–H groups in total. The van der Waals surface area contributed by atoms with E-state index in [1.807, 2.05) is 0 Å². The predicted molar refractivity (Wildman–Crippen MR) is 74.0 cm³/mol. The second-order valence-electron chi connectivity index (χ2n) is 4.74. The fourth-order valence-corrected chi connectivity index (χ4v) is 3.91. The first-order valence-corrected chi connectivity index (χ1v) is 7.90. The van der Waals surface area contributed by atoms with Crippen molar-refractivity contribution in [2.75, 3.05) is 20.3 Å². The van der Waals surface area contributed by atoms with Gasteiger partial charge in [-0.3, -0.25) is 0 Å². The molecule has 1 aliphatic rings. The molecule has 7 nitrogen and oxygen atoms in total. The number of carboxylic acids is 1. The zero-order valence-electron chi connectivity index (χ0n) is 11.5. The van der Waals surface area contributed by atoms with Crippen molar-refractivity contribution in [3.05, 3.63) is 23.8 Å². The van der Waals surface area contributed by atoms with Crippen LogP contribution in [0.25, 0.3) is 0 Å². The highest BCUT2D eigenvalue weighted by Gasteiger charge is 2.39. The topological polar surface area (TPSA) is 104 Å². The molecule has 1 aromatic carbocycles. The van der Waals surface area contributed by atoms with E-state index in [1.165, 1.54) is 29.6 Å². The Morgan fingerprint density at radius 1 is 1.43 bits per heavy atom. The second kappa shape index (κ2) is 6.00. The lowest BCUT2D eigenvalue weighted by Gasteiger charge is -2.22. The lowest BCUT2D eigenvalue weighted by Crippen LogP contribution is -2.35. The van der Waals surface area contributed by atoms with Gasteiger partial charge in [0.1, 0.15) is 10.6 Å². The normalized spacial score (nSPS) is 15.2. The minimum absolute atomic E-state index is 0.0108. The highest BCUT2D eigenvalue weighted by Crippen LogP contribution is 2.35. The Labute approximate surface area is 122 Å². The zero-order chi connectivity index (χ0) is 15.6. The van der Waals surface area contributed by atoms with E-state index in [2.05, 4.69) is 0 Å². The molecule has 1 fully saturated rings. The van der Waals surface area contributed by atoms with Crippen LogP contribution in [0.3, 0.4) is 0 Å². The van der Waals surface area contributed by atoms with Crippen molar-refractivity contribution in [2.24, 2.45) is 0 Å². The van der Waals surface area contributed by atoms with Gasteiger partial charge in [-0.15, -0.1) is 0 Å². The lowest BCUT2D eigenvalue weighted by atomic mass is 10.2. The Morgan fingerprint density at radius 3 is 2.57 bits per heavy atom. The number of hydrogen-bond donors (Lipinski definition) is 2. The summed E-state index contributed by atoms with van der Waals surface area (Å²) >= 11 is 0. The van der Waals surface area contributed by atoms with Crippen LogP contribution in [0.1, 0.15) is 23.2 Å². The van der Waals surface area contributed by atoms with E-state index in [0.717, 1.165) is 12.8 Å². The third kappa shape index (κ3) is 3.17. The highest BCUT2D eigenvalue weighted by molar-refractivity contribution is 7.89. The molecule has 1 aromatic rings. The highest BCUT2D eigenvalue weighted by atomic mass is 32.2. The van der Waals surface area contributed by atoms with Gasteiger partial charge >= 0.3 is 5.97 Å². The summed E-state index contributed by atoms with van der Waals surface area (Å²) in [6.45, 7) is -0.262. The maximum absolute atomic E-state index is 12.7. The Balaban J connectivity index is 2.45. The van der Waals surface area contributed by atoms with Crippen molar-refractivity contribution in [2.45, 2.75) is 23.8 Å².